The molecule has 1 unspecified atom stereocenters. The Bertz CT molecular complexity index is 786. The number of amides is 1. The topological polar surface area (TPSA) is 70.5 Å². The molecule has 0 radical (unpaired) electrons. The van der Waals surface area contributed by atoms with Crippen molar-refractivity contribution in [1.82, 2.24) is 9.88 Å². The van der Waals surface area contributed by atoms with Gasteiger partial charge in [-0.15, -0.1) is 11.3 Å². The molecule has 1 N–H and O–H groups in total. The molecule has 1 amide bonds. The molecule has 1 fully saturated rings. The molecule has 6 heteroatoms. The number of carbonyl (C=O) groups is 2. The summed E-state index contributed by atoms with van der Waals surface area (Å²) in [7, 11) is 0. The first-order chi connectivity index (χ1) is 11.4. The molecule has 1 aromatic heterocycles. The molecule has 1 aliphatic rings. The van der Waals surface area contributed by atoms with Gasteiger partial charge in [-0.25, -0.2) is 9.78 Å². The number of nitrogens with zero attached hydrogens (tertiary/aromatic N) is 2. The molecule has 0 saturated carbocycles. The third-order valence-corrected chi connectivity index (χ3v) is 5.49. The third kappa shape index (κ3) is 3.06. The van der Waals surface area contributed by atoms with E-state index in [1.807, 2.05) is 30.5 Å². The summed E-state index contributed by atoms with van der Waals surface area (Å²) in [4.78, 5) is 30.1. The van der Waals surface area contributed by atoms with Crippen LogP contribution in [0.25, 0.3) is 10.6 Å². The molecular weight excluding hydrogens is 324 g/mol. The Balaban J connectivity index is 1.75. The second kappa shape index (κ2) is 6.36. The quantitative estimate of drug-likeness (QED) is 0.925. The molecule has 2 aromatic rings. The number of hydrogen-bond donors (Lipinski definition) is 1. The van der Waals surface area contributed by atoms with Crippen molar-refractivity contribution >= 4 is 23.2 Å². The third-order valence-electron chi connectivity index (χ3n) is 4.55. The van der Waals surface area contributed by atoms with Crippen LogP contribution >= 0.6 is 11.3 Å². The van der Waals surface area contributed by atoms with Gasteiger partial charge < -0.3 is 10.0 Å². The van der Waals surface area contributed by atoms with E-state index in [4.69, 9.17) is 0 Å². The van der Waals surface area contributed by atoms with Crippen LogP contribution in [0, 0.1) is 6.92 Å². The van der Waals surface area contributed by atoms with E-state index in [-0.39, 0.29) is 12.3 Å². The molecule has 0 spiro atoms. The van der Waals surface area contributed by atoms with Gasteiger partial charge in [-0.3, -0.25) is 4.79 Å². The van der Waals surface area contributed by atoms with Crippen molar-refractivity contribution in [2.24, 2.45) is 0 Å². The van der Waals surface area contributed by atoms with Crippen molar-refractivity contribution in [3.05, 3.63) is 40.9 Å². The summed E-state index contributed by atoms with van der Waals surface area (Å²) in [5.41, 5.74) is 1.80. The van der Waals surface area contributed by atoms with Crippen molar-refractivity contribution in [1.29, 1.82) is 0 Å². The van der Waals surface area contributed by atoms with Gasteiger partial charge in [-0.2, -0.15) is 0 Å². The van der Waals surface area contributed by atoms with Crippen LogP contribution in [0.2, 0.25) is 0 Å². The first-order valence-corrected chi connectivity index (χ1v) is 8.83. The zero-order chi connectivity index (χ0) is 17.3. The molecular formula is C18H20N2O3S. The van der Waals surface area contributed by atoms with Crippen LogP contribution in [0.4, 0.5) is 0 Å². The number of rotatable bonds is 4. The van der Waals surface area contributed by atoms with E-state index in [0.29, 0.717) is 18.7 Å². The number of hydrogen-bond acceptors (Lipinski definition) is 4. The Morgan fingerprint density at radius 1 is 1.42 bits per heavy atom. The van der Waals surface area contributed by atoms with Crippen LogP contribution in [0.5, 0.6) is 0 Å². The highest BCUT2D eigenvalue weighted by molar-refractivity contribution is 7.13. The molecule has 2 heterocycles. The first kappa shape index (κ1) is 16.6. The summed E-state index contributed by atoms with van der Waals surface area (Å²) in [6.45, 7) is 4.15. The van der Waals surface area contributed by atoms with Crippen molar-refractivity contribution in [2.45, 2.75) is 38.6 Å². The molecule has 126 valence electrons. The van der Waals surface area contributed by atoms with Gasteiger partial charge in [0, 0.05) is 17.5 Å². The molecule has 1 saturated heterocycles. The van der Waals surface area contributed by atoms with E-state index in [9.17, 15) is 14.7 Å². The number of benzene rings is 1. The van der Waals surface area contributed by atoms with Gasteiger partial charge in [0.15, 0.2) is 0 Å². The molecule has 1 aliphatic heterocycles. The van der Waals surface area contributed by atoms with Crippen LogP contribution in [0.3, 0.4) is 0 Å². The Kier molecular flexibility index (Phi) is 4.41. The van der Waals surface area contributed by atoms with Crippen molar-refractivity contribution in [3.63, 3.8) is 0 Å². The fourth-order valence-corrected chi connectivity index (χ4v) is 3.95. The Hall–Kier alpha value is -2.21. The fraction of sp³-hybridized carbons (Fsp3) is 0.389. The lowest BCUT2D eigenvalue weighted by Crippen LogP contribution is -2.51. The van der Waals surface area contributed by atoms with Gasteiger partial charge in [0.1, 0.15) is 10.5 Å². The van der Waals surface area contributed by atoms with E-state index in [1.165, 1.54) is 16.2 Å². The van der Waals surface area contributed by atoms with E-state index in [1.54, 1.807) is 6.92 Å². The number of aliphatic carboxylic acids is 1. The highest BCUT2D eigenvalue weighted by Gasteiger charge is 2.45. The van der Waals surface area contributed by atoms with Gasteiger partial charge in [0.25, 0.3) is 0 Å². The number of aromatic nitrogens is 1. The lowest BCUT2D eigenvalue weighted by Gasteiger charge is -2.31. The SMILES string of the molecule is Cc1cccc(-c2nc(CC(=O)N3CCCC3(C)C(=O)O)cs2)c1. The number of thiazole rings is 1. The Morgan fingerprint density at radius 2 is 2.21 bits per heavy atom. The number of carbonyl (C=O) groups excluding carboxylic acids is 1. The molecule has 24 heavy (non-hydrogen) atoms. The van der Waals surface area contributed by atoms with Crippen molar-refractivity contribution in [3.8, 4) is 10.6 Å². The maximum absolute atomic E-state index is 12.6. The normalized spacial score (nSPS) is 20.3. The number of carboxylic acids is 1. The van der Waals surface area contributed by atoms with Gasteiger partial charge >= 0.3 is 5.97 Å². The van der Waals surface area contributed by atoms with Crippen LogP contribution in [0.1, 0.15) is 31.0 Å². The van der Waals surface area contributed by atoms with Gasteiger partial charge in [0.05, 0.1) is 12.1 Å². The van der Waals surface area contributed by atoms with Gasteiger partial charge in [0.2, 0.25) is 5.91 Å². The highest BCUT2D eigenvalue weighted by Crippen LogP contribution is 2.30. The molecule has 0 bridgehead atoms. The zero-order valence-electron chi connectivity index (χ0n) is 13.8. The number of likely N-dealkylation sites (tertiary alicyclic amines) is 1. The zero-order valence-corrected chi connectivity index (χ0v) is 14.6. The maximum Gasteiger partial charge on any atom is 0.329 e. The summed E-state index contributed by atoms with van der Waals surface area (Å²) in [5.74, 6) is -1.11. The average Bonchev–Trinajstić information content (AvgIpc) is 3.15. The monoisotopic (exact) mass is 344 g/mol. The Morgan fingerprint density at radius 3 is 2.92 bits per heavy atom. The van der Waals surface area contributed by atoms with Crippen LogP contribution in [-0.2, 0) is 16.0 Å². The van der Waals surface area contributed by atoms with Gasteiger partial charge in [-0.05, 0) is 32.8 Å². The summed E-state index contributed by atoms with van der Waals surface area (Å²) >= 11 is 1.50. The summed E-state index contributed by atoms with van der Waals surface area (Å²) < 4.78 is 0. The average molecular weight is 344 g/mol. The molecule has 1 atom stereocenters. The maximum atomic E-state index is 12.6. The van der Waals surface area contributed by atoms with Crippen molar-refractivity contribution < 1.29 is 14.7 Å². The standard InChI is InChI=1S/C18H20N2O3S/c1-12-5-3-6-13(9-12)16-19-14(11-24-16)10-15(21)20-8-4-7-18(20,2)17(22)23/h3,5-6,9,11H,4,7-8,10H2,1-2H3,(H,22,23). The Labute approximate surface area is 145 Å². The summed E-state index contributed by atoms with van der Waals surface area (Å²) in [6.07, 6.45) is 1.37. The van der Waals surface area contributed by atoms with E-state index in [2.05, 4.69) is 11.1 Å². The minimum absolute atomic E-state index is 0.144. The largest absolute Gasteiger partial charge is 0.480 e. The second-order valence-corrected chi connectivity index (χ2v) is 7.28. The van der Waals surface area contributed by atoms with E-state index in [0.717, 1.165) is 22.6 Å². The fourth-order valence-electron chi connectivity index (χ4n) is 3.13. The minimum Gasteiger partial charge on any atom is -0.480 e. The predicted molar refractivity (Wildman–Crippen MR) is 93.0 cm³/mol. The lowest BCUT2D eigenvalue weighted by atomic mass is 9.99. The van der Waals surface area contributed by atoms with E-state index < -0.39 is 11.5 Å². The van der Waals surface area contributed by atoms with Gasteiger partial charge in [-0.1, -0.05) is 23.8 Å². The van der Waals surface area contributed by atoms with Crippen LogP contribution in [-0.4, -0.2) is 39.0 Å². The summed E-state index contributed by atoms with van der Waals surface area (Å²) in [6, 6.07) is 8.08. The smallest absolute Gasteiger partial charge is 0.329 e. The van der Waals surface area contributed by atoms with Crippen LogP contribution < -0.4 is 0 Å². The summed E-state index contributed by atoms with van der Waals surface area (Å²) in [5, 5.41) is 12.2. The van der Waals surface area contributed by atoms with Crippen molar-refractivity contribution in [2.75, 3.05) is 6.54 Å². The molecule has 0 aliphatic carbocycles. The molecule has 1 aromatic carbocycles. The predicted octanol–water partition coefficient (Wildman–Crippen LogP) is 3.13. The first-order valence-electron chi connectivity index (χ1n) is 7.95. The van der Waals surface area contributed by atoms with Crippen LogP contribution in [0.15, 0.2) is 29.6 Å². The number of aryl methyl sites for hydroxylation is 1. The molecule has 3 rings (SSSR count). The van der Waals surface area contributed by atoms with E-state index >= 15 is 0 Å². The molecule has 5 nitrogen and oxygen atoms in total. The highest BCUT2D eigenvalue weighted by atomic mass is 32.1. The minimum atomic E-state index is -1.09. The second-order valence-electron chi connectivity index (χ2n) is 6.42. The number of carboxylic acid groups (broad SMARTS) is 1. The lowest BCUT2D eigenvalue weighted by molar-refractivity contribution is -0.155.